The second-order valence-corrected chi connectivity index (χ2v) is 4.69. The Morgan fingerprint density at radius 3 is 2.35 bits per heavy atom. The van der Waals surface area contributed by atoms with Gasteiger partial charge in [-0.05, 0) is 45.2 Å². The zero-order valence-corrected chi connectivity index (χ0v) is 9.70. The van der Waals surface area contributed by atoms with Gasteiger partial charge in [0.15, 0.2) is 0 Å². The van der Waals surface area contributed by atoms with E-state index < -0.39 is 0 Å². The quantitative estimate of drug-likeness (QED) is 0.371. The molecule has 3 aromatic carbocycles. The number of fused-ring (bicyclic) bond motifs is 2. The Balaban J connectivity index is 2.42. The van der Waals surface area contributed by atoms with Crippen LogP contribution in [0.5, 0.6) is 0 Å². The van der Waals surface area contributed by atoms with Gasteiger partial charge in [0.1, 0.15) is 0 Å². The van der Waals surface area contributed by atoms with E-state index in [-0.39, 0.29) is 0 Å². The Labute approximate surface area is 100 Å². The minimum Gasteiger partial charge on any atom is -0.0616 e. The molecule has 0 atom stereocenters. The Bertz CT molecular complexity index is 792. The van der Waals surface area contributed by atoms with Crippen molar-refractivity contribution in [2.45, 2.75) is 6.92 Å². The number of hydrogen-bond acceptors (Lipinski definition) is 0. The van der Waals surface area contributed by atoms with Crippen LogP contribution in [0.2, 0.25) is 0 Å². The van der Waals surface area contributed by atoms with Gasteiger partial charge >= 0.3 is 0 Å². The zero-order valence-electron chi connectivity index (χ0n) is 9.70. The normalized spacial score (nSPS) is 12.8. The maximum absolute atomic E-state index is 2.25. The Kier molecular flexibility index (Phi) is 1.58. The molecule has 0 amide bonds. The molecule has 0 aliphatic heterocycles. The van der Waals surface area contributed by atoms with Crippen LogP contribution in [-0.2, 0) is 0 Å². The molecule has 0 unspecified atom stereocenters. The molecule has 0 bridgehead atoms. The van der Waals surface area contributed by atoms with E-state index in [1.807, 2.05) is 0 Å². The molecule has 0 N–H and O–H groups in total. The number of rotatable bonds is 0. The first-order valence-corrected chi connectivity index (χ1v) is 5.98. The third-order valence-electron chi connectivity index (χ3n) is 3.82. The number of aryl methyl sites for hydroxylation is 1. The van der Waals surface area contributed by atoms with Crippen molar-refractivity contribution in [3.05, 3.63) is 59.2 Å². The molecule has 0 heteroatoms. The Hall–Kier alpha value is -2.08. The van der Waals surface area contributed by atoms with Gasteiger partial charge in [-0.2, -0.15) is 0 Å². The van der Waals surface area contributed by atoms with E-state index in [1.165, 1.54) is 38.2 Å². The molecule has 0 saturated heterocycles. The van der Waals surface area contributed by atoms with Crippen molar-refractivity contribution in [2.75, 3.05) is 0 Å². The van der Waals surface area contributed by atoms with Crippen LogP contribution in [0.3, 0.4) is 0 Å². The monoisotopic (exact) mass is 216 g/mol. The summed E-state index contributed by atoms with van der Waals surface area (Å²) in [6.45, 7) is 2.23. The summed E-state index contributed by atoms with van der Waals surface area (Å²) in [4.78, 5) is 0. The molecule has 3 aromatic rings. The molecular formula is C17H12. The SMILES string of the molecule is Cc1c2ccccc2c2c3c(cccc13)C=C2. The summed E-state index contributed by atoms with van der Waals surface area (Å²) < 4.78 is 0. The summed E-state index contributed by atoms with van der Waals surface area (Å²) in [5.41, 5.74) is 4.13. The van der Waals surface area contributed by atoms with Crippen molar-refractivity contribution < 1.29 is 0 Å². The minimum absolute atomic E-state index is 1.35. The second kappa shape index (κ2) is 2.98. The fourth-order valence-electron chi connectivity index (χ4n) is 2.99. The molecule has 0 aromatic heterocycles. The van der Waals surface area contributed by atoms with Crippen LogP contribution in [0.25, 0.3) is 33.7 Å². The Morgan fingerprint density at radius 1 is 0.706 bits per heavy atom. The Morgan fingerprint density at radius 2 is 1.47 bits per heavy atom. The summed E-state index contributed by atoms with van der Waals surface area (Å²) in [6.07, 6.45) is 4.48. The van der Waals surface area contributed by atoms with Crippen LogP contribution in [0.15, 0.2) is 42.5 Å². The molecule has 0 heterocycles. The van der Waals surface area contributed by atoms with Gasteiger partial charge in [0.05, 0.1) is 0 Å². The fraction of sp³-hybridized carbons (Fsp3) is 0.0588. The summed E-state index contributed by atoms with van der Waals surface area (Å²) >= 11 is 0. The fourth-order valence-corrected chi connectivity index (χ4v) is 2.99. The molecule has 0 spiro atoms. The van der Waals surface area contributed by atoms with Crippen molar-refractivity contribution in [3.63, 3.8) is 0 Å². The van der Waals surface area contributed by atoms with Crippen molar-refractivity contribution in [3.8, 4) is 0 Å². The molecule has 1 aliphatic carbocycles. The van der Waals surface area contributed by atoms with Crippen LogP contribution < -0.4 is 0 Å². The maximum Gasteiger partial charge on any atom is -0.00297 e. The van der Waals surface area contributed by atoms with Crippen LogP contribution in [0.1, 0.15) is 16.7 Å². The highest BCUT2D eigenvalue weighted by Gasteiger charge is 2.14. The lowest BCUT2D eigenvalue weighted by Gasteiger charge is -2.11. The first kappa shape index (κ1) is 9.00. The highest BCUT2D eigenvalue weighted by Crippen LogP contribution is 2.39. The van der Waals surface area contributed by atoms with E-state index >= 15 is 0 Å². The van der Waals surface area contributed by atoms with Gasteiger partial charge in [-0.1, -0.05) is 54.6 Å². The highest BCUT2D eigenvalue weighted by atomic mass is 14.2. The minimum atomic E-state index is 1.35. The molecule has 0 fully saturated rings. The van der Waals surface area contributed by atoms with E-state index in [4.69, 9.17) is 0 Å². The molecule has 80 valence electrons. The van der Waals surface area contributed by atoms with Crippen LogP contribution in [-0.4, -0.2) is 0 Å². The number of benzene rings is 3. The molecule has 1 aliphatic rings. The van der Waals surface area contributed by atoms with Crippen molar-refractivity contribution >= 4 is 33.7 Å². The zero-order chi connectivity index (χ0) is 11.4. The summed E-state index contributed by atoms with van der Waals surface area (Å²) in [7, 11) is 0. The lowest BCUT2D eigenvalue weighted by Crippen LogP contribution is -1.87. The molecule has 4 rings (SSSR count). The molecule has 0 nitrogen and oxygen atoms in total. The lowest BCUT2D eigenvalue weighted by atomic mass is 9.93. The largest absolute Gasteiger partial charge is 0.0616 e. The predicted octanol–water partition coefficient (Wildman–Crippen LogP) is 4.79. The smallest absolute Gasteiger partial charge is 0.00297 e. The van der Waals surface area contributed by atoms with Crippen molar-refractivity contribution in [1.82, 2.24) is 0 Å². The van der Waals surface area contributed by atoms with Gasteiger partial charge in [-0.15, -0.1) is 0 Å². The average molecular weight is 216 g/mol. The van der Waals surface area contributed by atoms with Gasteiger partial charge in [0, 0.05) is 0 Å². The number of hydrogen-bond donors (Lipinski definition) is 0. The second-order valence-electron chi connectivity index (χ2n) is 4.69. The summed E-state index contributed by atoms with van der Waals surface area (Å²) in [6, 6.07) is 15.3. The van der Waals surface area contributed by atoms with Crippen molar-refractivity contribution in [1.29, 1.82) is 0 Å². The standard InChI is InChI=1S/C17H12/c1-11-13-6-2-3-7-15(13)16-10-9-12-5-4-8-14(11)17(12)16/h2-10H,1H3. The van der Waals surface area contributed by atoms with Gasteiger partial charge in [-0.25, -0.2) is 0 Å². The lowest BCUT2D eigenvalue weighted by molar-refractivity contribution is 1.58. The van der Waals surface area contributed by atoms with E-state index in [0.717, 1.165) is 0 Å². The molecule has 0 radical (unpaired) electrons. The molecular weight excluding hydrogens is 204 g/mol. The third-order valence-corrected chi connectivity index (χ3v) is 3.82. The highest BCUT2D eigenvalue weighted by molar-refractivity contribution is 6.16. The first-order chi connectivity index (χ1) is 8.36. The van der Waals surface area contributed by atoms with Crippen LogP contribution >= 0.6 is 0 Å². The molecule has 0 saturated carbocycles. The average Bonchev–Trinajstić information content (AvgIpc) is 2.81. The molecule has 17 heavy (non-hydrogen) atoms. The van der Waals surface area contributed by atoms with E-state index in [0.29, 0.717) is 0 Å². The van der Waals surface area contributed by atoms with Gasteiger partial charge in [0.2, 0.25) is 0 Å². The van der Waals surface area contributed by atoms with Gasteiger partial charge in [0.25, 0.3) is 0 Å². The summed E-state index contributed by atoms with van der Waals surface area (Å²) in [5, 5.41) is 5.56. The van der Waals surface area contributed by atoms with E-state index in [2.05, 4.69) is 61.5 Å². The predicted molar refractivity (Wildman–Crippen MR) is 75.1 cm³/mol. The third kappa shape index (κ3) is 1.03. The maximum atomic E-state index is 2.25. The van der Waals surface area contributed by atoms with Gasteiger partial charge < -0.3 is 0 Å². The van der Waals surface area contributed by atoms with E-state index in [1.54, 1.807) is 0 Å². The van der Waals surface area contributed by atoms with Crippen LogP contribution in [0.4, 0.5) is 0 Å². The van der Waals surface area contributed by atoms with Crippen LogP contribution in [0, 0.1) is 6.92 Å². The van der Waals surface area contributed by atoms with Crippen molar-refractivity contribution in [2.24, 2.45) is 0 Å². The van der Waals surface area contributed by atoms with Gasteiger partial charge in [-0.3, -0.25) is 0 Å². The summed E-state index contributed by atoms with van der Waals surface area (Å²) in [5.74, 6) is 0. The van der Waals surface area contributed by atoms with E-state index in [9.17, 15) is 0 Å². The topological polar surface area (TPSA) is 0 Å². The first-order valence-electron chi connectivity index (χ1n) is 5.98.